The average Bonchev–Trinajstić information content (AvgIpc) is 2.72. The number of thiophene rings is 1. The minimum atomic E-state index is 0.625. The molecule has 1 heterocycles. The summed E-state index contributed by atoms with van der Waals surface area (Å²) in [5.74, 6) is 0.723. The lowest BCUT2D eigenvalue weighted by molar-refractivity contribution is 0.227. The molecule has 0 aliphatic rings. The minimum absolute atomic E-state index is 0.625. The summed E-state index contributed by atoms with van der Waals surface area (Å²) in [5, 5.41) is 3.50. The molecule has 1 aromatic rings. The highest BCUT2D eigenvalue weighted by molar-refractivity contribution is 7.11. The quantitative estimate of drug-likeness (QED) is 0.773. The molecule has 0 saturated carbocycles. The van der Waals surface area contributed by atoms with E-state index >= 15 is 0 Å². The van der Waals surface area contributed by atoms with Crippen LogP contribution in [0.1, 0.15) is 44.4 Å². The van der Waals surface area contributed by atoms with Crippen LogP contribution in [0.4, 0.5) is 0 Å². The van der Waals surface area contributed by atoms with Crippen LogP contribution < -0.4 is 5.32 Å². The summed E-state index contributed by atoms with van der Waals surface area (Å²) in [6.45, 7) is 15.6. The molecule has 2 nitrogen and oxygen atoms in total. The molecule has 0 atom stereocenters. The molecule has 1 aromatic heterocycles. The lowest BCUT2D eigenvalue weighted by Gasteiger charge is -2.23. The van der Waals surface area contributed by atoms with Crippen LogP contribution in [0.25, 0.3) is 0 Å². The lowest BCUT2D eigenvalue weighted by atomic mass is 10.2. The van der Waals surface area contributed by atoms with E-state index in [0.29, 0.717) is 6.04 Å². The van der Waals surface area contributed by atoms with Crippen LogP contribution in [0, 0.1) is 5.92 Å². The van der Waals surface area contributed by atoms with Crippen LogP contribution >= 0.6 is 11.3 Å². The maximum Gasteiger partial charge on any atom is 0.0330 e. The van der Waals surface area contributed by atoms with Crippen molar-refractivity contribution in [2.75, 3.05) is 13.1 Å². The standard InChI is InChI=1S/C15H28N2S/c1-6-17(13(4)5)11-15-8-7-14(18-15)10-16-9-12(2)3/h7-8,12-13,16H,6,9-11H2,1-5H3. The van der Waals surface area contributed by atoms with E-state index in [1.807, 2.05) is 11.3 Å². The van der Waals surface area contributed by atoms with Crippen LogP contribution in [-0.2, 0) is 13.1 Å². The van der Waals surface area contributed by atoms with Gasteiger partial charge in [-0.3, -0.25) is 4.90 Å². The first-order chi connectivity index (χ1) is 8.52. The molecule has 3 heteroatoms. The van der Waals surface area contributed by atoms with Crippen molar-refractivity contribution in [2.45, 2.75) is 53.8 Å². The van der Waals surface area contributed by atoms with Gasteiger partial charge >= 0.3 is 0 Å². The number of hydrogen-bond donors (Lipinski definition) is 1. The van der Waals surface area contributed by atoms with Gasteiger partial charge in [0.2, 0.25) is 0 Å². The van der Waals surface area contributed by atoms with Gasteiger partial charge in [0.05, 0.1) is 0 Å². The molecule has 104 valence electrons. The molecule has 1 N–H and O–H groups in total. The fourth-order valence-corrected chi connectivity index (χ4v) is 2.96. The van der Waals surface area contributed by atoms with Crippen molar-refractivity contribution < 1.29 is 0 Å². The number of nitrogens with zero attached hydrogens (tertiary/aromatic N) is 1. The van der Waals surface area contributed by atoms with Crippen molar-refractivity contribution in [2.24, 2.45) is 5.92 Å². The highest BCUT2D eigenvalue weighted by Gasteiger charge is 2.09. The topological polar surface area (TPSA) is 15.3 Å². The molecular formula is C15H28N2S. The summed E-state index contributed by atoms with van der Waals surface area (Å²) in [4.78, 5) is 5.43. The second-order valence-corrected chi connectivity index (χ2v) is 6.80. The number of nitrogens with one attached hydrogen (secondary N) is 1. The first-order valence-corrected chi connectivity index (χ1v) is 7.87. The molecule has 18 heavy (non-hydrogen) atoms. The SMILES string of the molecule is CCN(Cc1ccc(CNCC(C)C)s1)C(C)C. The van der Waals surface area contributed by atoms with E-state index in [-0.39, 0.29) is 0 Å². The van der Waals surface area contributed by atoms with Crippen molar-refractivity contribution in [3.05, 3.63) is 21.9 Å². The normalized spacial score (nSPS) is 12.0. The highest BCUT2D eigenvalue weighted by Crippen LogP contribution is 2.19. The molecular weight excluding hydrogens is 240 g/mol. The molecule has 0 aliphatic carbocycles. The third-order valence-corrected chi connectivity index (χ3v) is 4.13. The Morgan fingerprint density at radius 2 is 1.83 bits per heavy atom. The van der Waals surface area contributed by atoms with Crippen LogP contribution in [0.3, 0.4) is 0 Å². The summed E-state index contributed by atoms with van der Waals surface area (Å²) >= 11 is 1.94. The summed E-state index contributed by atoms with van der Waals surface area (Å²) in [6, 6.07) is 5.17. The Labute approximate surface area is 116 Å². The predicted octanol–water partition coefficient (Wildman–Crippen LogP) is 3.72. The Kier molecular flexibility index (Phi) is 6.90. The molecule has 0 saturated heterocycles. The van der Waals surface area contributed by atoms with Gasteiger partial charge in [0.1, 0.15) is 0 Å². The molecule has 0 aromatic carbocycles. The minimum Gasteiger partial charge on any atom is -0.312 e. The molecule has 0 amide bonds. The molecule has 0 fully saturated rings. The monoisotopic (exact) mass is 268 g/mol. The van der Waals surface area contributed by atoms with Gasteiger partial charge in [-0.05, 0) is 45.0 Å². The van der Waals surface area contributed by atoms with Crippen molar-refractivity contribution in [3.8, 4) is 0 Å². The fraction of sp³-hybridized carbons (Fsp3) is 0.733. The third kappa shape index (κ3) is 5.51. The van der Waals surface area contributed by atoms with Crippen molar-refractivity contribution in [1.82, 2.24) is 10.2 Å². The highest BCUT2D eigenvalue weighted by atomic mass is 32.1. The Hall–Kier alpha value is -0.380. The zero-order valence-electron chi connectivity index (χ0n) is 12.5. The van der Waals surface area contributed by atoms with E-state index < -0.39 is 0 Å². The average molecular weight is 268 g/mol. The zero-order valence-corrected chi connectivity index (χ0v) is 13.3. The van der Waals surface area contributed by atoms with Gasteiger partial charge in [0, 0.05) is 28.9 Å². The van der Waals surface area contributed by atoms with Crippen molar-refractivity contribution >= 4 is 11.3 Å². The largest absolute Gasteiger partial charge is 0.312 e. The van der Waals surface area contributed by atoms with Gasteiger partial charge in [0.15, 0.2) is 0 Å². The molecule has 0 spiro atoms. The molecule has 0 radical (unpaired) electrons. The van der Waals surface area contributed by atoms with Gasteiger partial charge in [-0.25, -0.2) is 0 Å². The van der Waals surface area contributed by atoms with E-state index in [2.05, 4.69) is 57.0 Å². The molecule has 0 bridgehead atoms. The van der Waals surface area contributed by atoms with E-state index in [9.17, 15) is 0 Å². The fourth-order valence-electron chi connectivity index (χ4n) is 1.95. The zero-order chi connectivity index (χ0) is 13.5. The second-order valence-electron chi connectivity index (χ2n) is 5.55. The maximum absolute atomic E-state index is 3.50. The Morgan fingerprint density at radius 1 is 1.17 bits per heavy atom. The predicted molar refractivity (Wildman–Crippen MR) is 82.1 cm³/mol. The van der Waals surface area contributed by atoms with Gasteiger partial charge in [-0.2, -0.15) is 0 Å². The van der Waals surface area contributed by atoms with Crippen LogP contribution in [0.5, 0.6) is 0 Å². The van der Waals surface area contributed by atoms with Crippen LogP contribution in [0.2, 0.25) is 0 Å². The first kappa shape index (κ1) is 15.7. The lowest BCUT2D eigenvalue weighted by Crippen LogP contribution is -2.29. The van der Waals surface area contributed by atoms with Gasteiger partial charge in [-0.1, -0.05) is 20.8 Å². The van der Waals surface area contributed by atoms with E-state index in [4.69, 9.17) is 0 Å². The van der Waals surface area contributed by atoms with Gasteiger partial charge in [-0.15, -0.1) is 11.3 Å². The Morgan fingerprint density at radius 3 is 2.39 bits per heavy atom. The Balaban J connectivity index is 2.42. The van der Waals surface area contributed by atoms with Crippen molar-refractivity contribution in [3.63, 3.8) is 0 Å². The van der Waals surface area contributed by atoms with Gasteiger partial charge in [0.25, 0.3) is 0 Å². The number of rotatable bonds is 8. The van der Waals surface area contributed by atoms with E-state index in [0.717, 1.165) is 32.1 Å². The molecule has 0 unspecified atom stereocenters. The van der Waals surface area contributed by atoms with Crippen molar-refractivity contribution in [1.29, 1.82) is 0 Å². The Bertz CT molecular complexity index is 331. The van der Waals surface area contributed by atoms with E-state index in [1.54, 1.807) is 0 Å². The third-order valence-electron chi connectivity index (χ3n) is 3.06. The smallest absolute Gasteiger partial charge is 0.0330 e. The first-order valence-electron chi connectivity index (χ1n) is 7.05. The summed E-state index contributed by atoms with van der Waals surface area (Å²) in [5.41, 5.74) is 0. The molecule has 1 rings (SSSR count). The molecule has 0 aliphatic heterocycles. The number of hydrogen-bond acceptors (Lipinski definition) is 3. The summed E-state index contributed by atoms with van der Waals surface area (Å²) in [7, 11) is 0. The summed E-state index contributed by atoms with van der Waals surface area (Å²) in [6.07, 6.45) is 0. The second kappa shape index (κ2) is 7.93. The van der Waals surface area contributed by atoms with Gasteiger partial charge < -0.3 is 5.32 Å². The summed E-state index contributed by atoms with van der Waals surface area (Å²) < 4.78 is 0. The maximum atomic E-state index is 3.50. The van der Waals surface area contributed by atoms with E-state index in [1.165, 1.54) is 9.75 Å². The van der Waals surface area contributed by atoms with Crippen LogP contribution in [0.15, 0.2) is 12.1 Å². The van der Waals surface area contributed by atoms with Crippen LogP contribution in [-0.4, -0.2) is 24.0 Å².